The molecule has 0 N–H and O–H groups in total. The van der Waals surface area contributed by atoms with E-state index in [2.05, 4.69) is 48.1 Å². The molecule has 0 atom stereocenters. The zero-order chi connectivity index (χ0) is 16.0. The van der Waals surface area contributed by atoms with Gasteiger partial charge in [-0.15, -0.1) is 0 Å². The molecule has 1 aromatic heterocycles. The number of methoxy groups -OCH3 is 1. The van der Waals surface area contributed by atoms with E-state index in [9.17, 15) is 0 Å². The Morgan fingerprint density at radius 2 is 1.68 bits per heavy atom. The summed E-state index contributed by atoms with van der Waals surface area (Å²) in [4.78, 5) is 11.0. The van der Waals surface area contributed by atoms with Gasteiger partial charge in [-0.1, -0.05) is 12.1 Å². The molecule has 0 aliphatic carbocycles. The van der Waals surface area contributed by atoms with Crippen molar-refractivity contribution in [3.8, 4) is 5.75 Å². The van der Waals surface area contributed by atoms with Gasteiger partial charge in [0.25, 0.3) is 0 Å². The van der Waals surface area contributed by atoms with Crippen LogP contribution in [0.15, 0.2) is 42.7 Å². The number of rotatable bonds is 7. The number of benzene rings is 1. The van der Waals surface area contributed by atoms with Crippen molar-refractivity contribution in [1.82, 2.24) is 9.97 Å². The predicted octanol–water partition coefficient (Wildman–Crippen LogP) is 2.20. The van der Waals surface area contributed by atoms with Crippen molar-refractivity contribution in [3.63, 3.8) is 0 Å². The van der Waals surface area contributed by atoms with Crippen LogP contribution in [0.25, 0.3) is 0 Å². The maximum atomic E-state index is 5.21. The predicted molar refractivity (Wildman–Crippen MR) is 89.0 cm³/mol. The standard InChI is InChI=1S/C17H25N4O/c1-21(2,3)13-12-20(17-18-10-5-11-19-17)14-15-6-8-16(22-4)9-7-15/h5-11H,12-14H2,1-4H3/q+1. The Morgan fingerprint density at radius 3 is 2.23 bits per heavy atom. The molecule has 1 aromatic carbocycles. The van der Waals surface area contributed by atoms with Gasteiger partial charge in [0, 0.05) is 18.9 Å². The highest BCUT2D eigenvalue weighted by Crippen LogP contribution is 2.15. The molecule has 0 saturated heterocycles. The Hall–Kier alpha value is -2.14. The number of quaternary nitrogens is 1. The largest absolute Gasteiger partial charge is 0.497 e. The molecule has 5 nitrogen and oxygen atoms in total. The van der Waals surface area contributed by atoms with E-state index in [0.29, 0.717) is 0 Å². The third-order valence-corrected chi connectivity index (χ3v) is 3.41. The number of hydrogen-bond donors (Lipinski definition) is 0. The van der Waals surface area contributed by atoms with Gasteiger partial charge < -0.3 is 14.1 Å². The van der Waals surface area contributed by atoms with Crippen molar-refractivity contribution in [2.75, 3.05) is 46.2 Å². The fraction of sp³-hybridized carbons (Fsp3) is 0.412. The highest BCUT2D eigenvalue weighted by Gasteiger charge is 2.15. The van der Waals surface area contributed by atoms with Crippen LogP contribution in [0.3, 0.4) is 0 Å². The first-order valence-corrected chi connectivity index (χ1v) is 7.43. The second-order valence-corrected chi connectivity index (χ2v) is 6.33. The van der Waals surface area contributed by atoms with Gasteiger partial charge >= 0.3 is 0 Å². The average molecular weight is 301 g/mol. The topological polar surface area (TPSA) is 38.2 Å². The molecule has 1 heterocycles. The minimum atomic E-state index is 0.770. The lowest BCUT2D eigenvalue weighted by Crippen LogP contribution is -2.42. The minimum Gasteiger partial charge on any atom is -0.497 e. The first kappa shape index (κ1) is 16.2. The maximum Gasteiger partial charge on any atom is 0.225 e. The number of ether oxygens (including phenoxy) is 1. The summed E-state index contributed by atoms with van der Waals surface area (Å²) in [7, 11) is 8.26. The van der Waals surface area contributed by atoms with E-state index in [0.717, 1.165) is 35.8 Å². The number of aromatic nitrogens is 2. The van der Waals surface area contributed by atoms with E-state index in [1.807, 2.05) is 18.2 Å². The van der Waals surface area contributed by atoms with E-state index < -0.39 is 0 Å². The highest BCUT2D eigenvalue weighted by molar-refractivity contribution is 5.34. The SMILES string of the molecule is COc1ccc(CN(CC[N+](C)(C)C)c2ncccn2)cc1. The van der Waals surface area contributed by atoms with Gasteiger partial charge in [0.05, 0.1) is 41.3 Å². The Labute approximate surface area is 132 Å². The van der Waals surface area contributed by atoms with E-state index in [1.54, 1.807) is 19.5 Å². The summed E-state index contributed by atoms with van der Waals surface area (Å²) in [6.07, 6.45) is 3.57. The number of likely N-dealkylation sites (N-methyl/N-ethyl adjacent to an activating group) is 1. The molecule has 2 aromatic rings. The Bertz CT molecular complexity index is 563. The third kappa shape index (κ3) is 5.00. The zero-order valence-corrected chi connectivity index (χ0v) is 13.9. The fourth-order valence-corrected chi connectivity index (χ4v) is 2.08. The summed E-state index contributed by atoms with van der Waals surface area (Å²) >= 11 is 0. The third-order valence-electron chi connectivity index (χ3n) is 3.41. The summed E-state index contributed by atoms with van der Waals surface area (Å²) in [5, 5.41) is 0. The van der Waals surface area contributed by atoms with Gasteiger partial charge in [-0.3, -0.25) is 0 Å². The molecule has 118 valence electrons. The van der Waals surface area contributed by atoms with Crippen LogP contribution in [0, 0.1) is 0 Å². The molecule has 22 heavy (non-hydrogen) atoms. The van der Waals surface area contributed by atoms with Crippen LogP contribution in [-0.2, 0) is 6.54 Å². The highest BCUT2D eigenvalue weighted by atomic mass is 16.5. The molecule has 0 bridgehead atoms. The molecule has 0 aliphatic rings. The number of anilines is 1. The van der Waals surface area contributed by atoms with E-state index in [1.165, 1.54) is 5.56 Å². The summed E-state index contributed by atoms with van der Waals surface area (Å²) in [6, 6.07) is 9.98. The van der Waals surface area contributed by atoms with Gasteiger partial charge in [-0.25, -0.2) is 9.97 Å². The fourth-order valence-electron chi connectivity index (χ4n) is 2.08. The van der Waals surface area contributed by atoms with Gasteiger partial charge in [0.1, 0.15) is 5.75 Å². The average Bonchev–Trinajstić information content (AvgIpc) is 2.52. The van der Waals surface area contributed by atoms with Gasteiger partial charge in [-0.2, -0.15) is 0 Å². The first-order valence-electron chi connectivity index (χ1n) is 7.43. The van der Waals surface area contributed by atoms with Crippen LogP contribution in [0.4, 0.5) is 5.95 Å². The van der Waals surface area contributed by atoms with E-state index in [4.69, 9.17) is 4.74 Å². The van der Waals surface area contributed by atoms with Crippen LogP contribution >= 0.6 is 0 Å². The quantitative estimate of drug-likeness (QED) is 0.735. The molecule has 2 rings (SSSR count). The molecule has 0 amide bonds. The second-order valence-electron chi connectivity index (χ2n) is 6.33. The smallest absolute Gasteiger partial charge is 0.225 e. The van der Waals surface area contributed by atoms with Crippen molar-refractivity contribution in [2.24, 2.45) is 0 Å². The Morgan fingerprint density at radius 1 is 1.05 bits per heavy atom. The molecule has 0 saturated carbocycles. The van der Waals surface area contributed by atoms with Gasteiger partial charge in [0.15, 0.2) is 0 Å². The second kappa shape index (κ2) is 7.22. The van der Waals surface area contributed by atoms with Gasteiger partial charge in [-0.05, 0) is 23.8 Å². The van der Waals surface area contributed by atoms with Crippen LogP contribution in [0.5, 0.6) is 5.75 Å². The summed E-state index contributed by atoms with van der Waals surface area (Å²) < 4.78 is 6.12. The molecule has 0 fully saturated rings. The van der Waals surface area contributed by atoms with Crippen molar-refractivity contribution in [1.29, 1.82) is 0 Å². The number of hydrogen-bond acceptors (Lipinski definition) is 4. The van der Waals surface area contributed by atoms with Gasteiger partial charge in [0.2, 0.25) is 5.95 Å². The van der Waals surface area contributed by atoms with Crippen LogP contribution in [0.1, 0.15) is 5.56 Å². The molecular weight excluding hydrogens is 276 g/mol. The molecule has 0 aliphatic heterocycles. The zero-order valence-electron chi connectivity index (χ0n) is 13.9. The molecular formula is C17H25N4O+. The molecule has 0 spiro atoms. The summed E-state index contributed by atoms with van der Waals surface area (Å²) in [5.41, 5.74) is 1.22. The lowest BCUT2D eigenvalue weighted by atomic mass is 10.2. The summed E-state index contributed by atoms with van der Waals surface area (Å²) in [5.74, 6) is 1.64. The lowest BCUT2D eigenvalue weighted by molar-refractivity contribution is -0.868. The Kier molecular flexibility index (Phi) is 5.33. The van der Waals surface area contributed by atoms with Crippen molar-refractivity contribution in [3.05, 3.63) is 48.3 Å². The normalized spacial score (nSPS) is 11.3. The van der Waals surface area contributed by atoms with Crippen molar-refractivity contribution >= 4 is 5.95 Å². The lowest BCUT2D eigenvalue weighted by Gasteiger charge is -2.29. The monoisotopic (exact) mass is 301 g/mol. The van der Waals surface area contributed by atoms with Crippen molar-refractivity contribution in [2.45, 2.75) is 6.54 Å². The van der Waals surface area contributed by atoms with Crippen LogP contribution < -0.4 is 9.64 Å². The minimum absolute atomic E-state index is 0.770. The first-order chi connectivity index (χ1) is 10.5. The molecule has 0 radical (unpaired) electrons. The Balaban J connectivity index is 2.13. The van der Waals surface area contributed by atoms with E-state index in [-0.39, 0.29) is 0 Å². The van der Waals surface area contributed by atoms with Crippen LogP contribution in [-0.4, -0.2) is 55.8 Å². The van der Waals surface area contributed by atoms with Crippen molar-refractivity contribution < 1.29 is 9.22 Å². The van der Waals surface area contributed by atoms with Crippen LogP contribution in [0.2, 0.25) is 0 Å². The summed E-state index contributed by atoms with van der Waals surface area (Å²) in [6.45, 7) is 2.71. The van der Waals surface area contributed by atoms with E-state index >= 15 is 0 Å². The molecule has 5 heteroatoms. The maximum absolute atomic E-state index is 5.21. The molecule has 0 unspecified atom stereocenters. The number of nitrogens with zero attached hydrogens (tertiary/aromatic N) is 4.